The van der Waals surface area contributed by atoms with Crippen LogP contribution in [0.2, 0.25) is 0 Å². The summed E-state index contributed by atoms with van der Waals surface area (Å²) in [5.41, 5.74) is 2.54. The largest absolute Gasteiger partial charge is 0.393 e. The van der Waals surface area contributed by atoms with Crippen LogP contribution < -0.4 is 0 Å². The van der Waals surface area contributed by atoms with Crippen molar-refractivity contribution in [3.63, 3.8) is 0 Å². The van der Waals surface area contributed by atoms with Gasteiger partial charge in [0.05, 0.1) is 17.8 Å². The standard InChI is InChI=1S/C29H48O3S/c1-19(33-16-8-6-7-14-27(2,3)32)23-11-12-24-22-10-9-20-17-21(30)18-26(31)29(20,5)25(22)13-15-28(23,24)4/h9-10,19,21,23-26,30-32H,6-8,11-18H2,1-5H3/t19?,21?,23-,24+,25+,26?,28-,29+/m1/s1. The van der Waals surface area contributed by atoms with E-state index in [9.17, 15) is 15.3 Å². The van der Waals surface area contributed by atoms with E-state index in [1.807, 2.05) is 13.8 Å². The monoisotopic (exact) mass is 476 g/mol. The summed E-state index contributed by atoms with van der Waals surface area (Å²) in [6, 6.07) is 0. The normalized spacial score (nSPS) is 41.5. The Labute approximate surface area is 206 Å². The lowest BCUT2D eigenvalue weighted by Crippen LogP contribution is -2.52. The van der Waals surface area contributed by atoms with E-state index in [4.69, 9.17) is 0 Å². The van der Waals surface area contributed by atoms with Crippen molar-refractivity contribution in [2.45, 2.75) is 122 Å². The maximum Gasteiger partial charge on any atom is 0.0661 e. The van der Waals surface area contributed by atoms with Crippen LogP contribution in [0.25, 0.3) is 0 Å². The maximum absolute atomic E-state index is 11.1. The third-order valence-electron chi connectivity index (χ3n) is 10.1. The molecule has 0 bridgehead atoms. The maximum atomic E-state index is 11.1. The Hall–Kier alpha value is -0.290. The first kappa shape index (κ1) is 25.8. The molecule has 0 aromatic carbocycles. The minimum Gasteiger partial charge on any atom is -0.393 e. The van der Waals surface area contributed by atoms with Gasteiger partial charge in [-0.2, -0.15) is 11.8 Å². The van der Waals surface area contributed by atoms with E-state index in [0.29, 0.717) is 28.9 Å². The number of hydrogen-bond acceptors (Lipinski definition) is 4. The average molecular weight is 477 g/mol. The molecule has 4 aliphatic carbocycles. The number of aliphatic hydroxyl groups is 3. The van der Waals surface area contributed by atoms with Crippen LogP contribution in [-0.4, -0.2) is 44.1 Å². The highest BCUT2D eigenvalue weighted by atomic mass is 32.2. The molecule has 3 N–H and O–H groups in total. The number of allylic oxidation sites excluding steroid dienone is 3. The van der Waals surface area contributed by atoms with Crippen LogP contribution in [0.1, 0.15) is 98.8 Å². The van der Waals surface area contributed by atoms with Crippen LogP contribution in [0, 0.1) is 28.6 Å². The zero-order valence-corrected chi connectivity index (χ0v) is 22.5. The van der Waals surface area contributed by atoms with Crippen molar-refractivity contribution in [1.82, 2.24) is 0 Å². The first-order chi connectivity index (χ1) is 15.5. The van der Waals surface area contributed by atoms with E-state index >= 15 is 0 Å². The molecule has 188 valence electrons. The molecule has 0 heterocycles. The summed E-state index contributed by atoms with van der Waals surface area (Å²) in [5.74, 6) is 3.08. The molecule has 3 nitrogen and oxygen atoms in total. The predicted octanol–water partition coefficient (Wildman–Crippen LogP) is 6.27. The minimum absolute atomic E-state index is 0.188. The molecule has 0 aromatic rings. The van der Waals surface area contributed by atoms with Gasteiger partial charge in [0.25, 0.3) is 0 Å². The van der Waals surface area contributed by atoms with Crippen molar-refractivity contribution in [2.75, 3.05) is 5.75 Å². The van der Waals surface area contributed by atoms with Gasteiger partial charge in [-0.3, -0.25) is 0 Å². The van der Waals surface area contributed by atoms with Crippen molar-refractivity contribution < 1.29 is 15.3 Å². The first-order valence-electron chi connectivity index (χ1n) is 13.6. The van der Waals surface area contributed by atoms with Gasteiger partial charge in [-0.25, -0.2) is 0 Å². The van der Waals surface area contributed by atoms with Crippen molar-refractivity contribution in [3.05, 3.63) is 23.3 Å². The molecular formula is C29H48O3S. The second kappa shape index (κ2) is 9.64. The van der Waals surface area contributed by atoms with Gasteiger partial charge in [0, 0.05) is 17.1 Å². The lowest BCUT2D eigenvalue weighted by molar-refractivity contribution is -0.0526. The van der Waals surface area contributed by atoms with Crippen molar-refractivity contribution >= 4 is 11.8 Å². The topological polar surface area (TPSA) is 60.7 Å². The third kappa shape index (κ3) is 4.88. The summed E-state index contributed by atoms with van der Waals surface area (Å²) < 4.78 is 0. The summed E-state index contributed by atoms with van der Waals surface area (Å²) in [6.45, 7) is 11.1. The highest BCUT2D eigenvalue weighted by Gasteiger charge is 2.58. The van der Waals surface area contributed by atoms with E-state index in [2.05, 4.69) is 44.7 Å². The van der Waals surface area contributed by atoms with Crippen molar-refractivity contribution in [1.29, 1.82) is 0 Å². The lowest BCUT2D eigenvalue weighted by Gasteiger charge is -2.56. The Morgan fingerprint density at radius 3 is 2.55 bits per heavy atom. The molecule has 0 spiro atoms. The lowest BCUT2D eigenvalue weighted by atomic mass is 9.49. The number of hydrogen-bond donors (Lipinski definition) is 3. The van der Waals surface area contributed by atoms with E-state index in [0.717, 1.165) is 25.2 Å². The molecule has 4 heteroatoms. The van der Waals surface area contributed by atoms with Gasteiger partial charge in [-0.15, -0.1) is 0 Å². The Balaban J connectivity index is 1.39. The van der Waals surface area contributed by atoms with Gasteiger partial charge in [0.2, 0.25) is 0 Å². The molecule has 0 saturated heterocycles. The summed E-state index contributed by atoms with van der Waals surface area (Å²) in [6.07, 6.45) is 14.6. The highest BCUT2D eigenvalue weighted by molar-refractivity contribution is 7.99. The van der Waals surface area contributed by atoms with Crippen LogP contribution in [0.4, 0.5) is 0 Å². The second-order valence-electron chi connectivity index (χ2n) is 12.8. The molecule has 4 rings (SSSR count). The molecule has 0 aromatic heterocycles. The van der Waals surface area contributed by atoms with Gasteiger partial charge in [-0.1, -0.05) is 56.9 Å². The molecule has 3 unspecified atom stereocenters. The predicted molar refractivity (Wildman–Crippen MR) is 139 cm³/mol. The van der Waals surface area contributed by atoms with Crippen molar-refractivity contribution in [2.24, 2.45) is 28.6 Å². The SMILES string of the molecule is CC(SCCCCCC(C)(C)O)[C@H]1CC[C@H]2C3=CC=C4CC(O)CC(O)[C@]4(C)[C@H]3CC[C@]12C. The second-order valence-corrected chi connectivity index (χ2v) is 14.3. The van der Waals surface area contributed by atoms with Gasteiger partial charge in [0.1, 0.15) is 0 Å². The van der Waals surface area contributed by atoms with E-state index < -0.39 is 17.8 Å². The van der Waals surface area contributed by atoms with Gasteiger partial charge >= 0.3 is 0 Å². The minimum atomic E-state index is -0.527. The fourth-order valence-corrected chi connectivity index (χ4v) is 9.50. The number of rotatable bonds is 8. The number of unbranched alkanes of at least 4 members (excludes halogenated alkanes) is 2. The Kier molecular flexibility index (Phi) is 7.53. The van der Waals surface area contributed by atoms with Crippen LogP contribution in [0.5, 0.6) is 0 Å². The van der Waals surface area contributed by atoms with Gasteiger partial charge in [0.15, 0.2) is 0 Å². The molecule has 33 heavy (non-hydrogen) atoms. The molecule has 4 aliphatic rings. The van der Waals surface area contributed by atoms with Gasteiger partial charge < -0.3 is 15.3 Å². The van der Waals surface area contributed by atoms with E-state index in [1.54, 1.807) is 5.57 Å². The van der Waals surface area contributed by atoms with E-state index in [-0.39, 0.29) is 5.41 Å². The fraction of sp³-hybridized carbons (Fsp3) is 0.862. The summed E-state index contributed by atoms with van der Waals surface area (Å²) >= 11 is 2.17. The zero-order valence-electron chi connectivity index (χ0n) is 21.6. The van der Waals surface area contributed by atoms with Crippen LogP contribution in [0.3, 0.4) is 0 Å². The van der Waals surface area contributed by atoms with Crippen LogP contribution in [0.15, 0.2) is 23.3 Å². The zero-order chi connectivity index (χ0) is 24.0. The van der Waals surface area contributed by atoms with Crippen LogP contribution in [-0.2, 0) is 0 Å². The summed E-state index contributed by atoms with van der Waals surface area (Å²) in [5, 5.41) is 31.9. The number of aliphatic hydroxyl groups excluding tert-OH is 2. The Morgan fingerprint density at radius 2 is 1.82 bits per heavy atom. The number of fused-ring (bicyclic) bond motifs is 5. The van der Waals surface area contributed by atoms with E-state index in [1.165, 1.54) is 49.9 Å². The summed E-state index contributed by atoms with van der Waals surface area (Å²) in [4.78, 5) is 0. The highest BCUT2D eigenvalue weighted by Crippen LogP contribution is 2.66. The molecule has 0 radical (unpaired) electrons. The smallest absolute Gasteiger partial charge is 0.0661 e. The van der Waals surface area contributed by atoms with Crippen molar-refractivity contribution in [3.8, 4) is 0 Å². The average Bonchev–Trinajstić information content (AvgIpc) is 3.08. The molecule has 3 fully saturated rings. The number of thioether (sulfide) groups is 1. The molecule has 0 aliphatic heterocycles. The fourth-order valence-electron chi connectivity index (χ4n) is 8.08. The molecular weight excluding hydrogens is 428 g/mol. The Bertz CT molecular complexity index is 767. The molecule has 3 saturated carbocycles. The molecule has 8 atom stereocenters. The van der Waals surface area contributed by atoms with Crippen LogP contribution >= 0.6 is 11.8 Å². The summed E-state index contributed by atoms with van der Waals surface area (Å²) in [7, 11) is 0. The third-order valence-corrected chi connectivity index (χ3v) is 11.5. The quantitative estimate of drug-likeness (QED) is 0.361. The molecule has 0 amide bonds. The van der Waals surface area contributed by atoms with Gasteiger partial charge in [-0.05, 0) is 87.7 Å². The first-order valence-corrected chi connectivity index (χ1v) is 14.6. The Morgan fingerprint density at radius 1 is 1.06 bits per heavy atom.